The molecule has 8 heteroatoms. The van der Waals surface area contributed by atoms with Crippen molar-refractivity contribution in [3.63, 3.8) is 0 Å². The van der Waals surface area contributed by atoms with Gasteiger partial charge in [0.15, 0.2) is 12.4 Å². The number of hydrogen-bond acceptors (Lipinski definition) is 6. The molecule has 1 aliphatic heterocycles. The SMILES string of the molecule is Cn1nc(CC(=O)OCC(=O)c2ccc(N3CCCC3=O)cc2)c2ccccc2c1=O. The van der Waals surface area contributed by atoms with Crippen molar-refractivity contribution in [3.05, 3.63) is 70.1 Å². The number of carbonyl (C=O) groups is 3. The molecule has 0 radical (unpaired) electrons. The van der Waals surface area contributed by atoms with Gasteiger partial charge in [0.05, 0.1) is 17.5 Å². The van der Waals surface area contributed by atoms with Gasteiger partial charge in [-0.2, -0.15) is 5.10 Å². The van der Waals surface area contributed by atoms with E-state index in [9.17, 15) is 19.2 Å². The van der Waals surface area contributed by atoms with E-state index >= 15 is 0 Å². The van der Waals surface area contributed by atoms with Crippen LogP contribution in [0.15, 0.2) is 53.3 Å². The van der Waals surface area contributed by atoms with Crippen molar-refractivity contribution in [1.82, 2.24) is 9.78 Å². The summed E-state index contributed by atoms with van der Waals surface area (Å²) in [6, 6.07) is 13.6. The molecule has 3 aromatic rings. The third kappa shape index (κ3) is 4.23. The van der Waals surface area contributed by atoms with Gasteiger partial charge in [0.1, 0.15) is 0 Å². The van der Waals surface area contributed by atoms with E-state index in [-0.39, 0.29) is 23.7 Å². The second-order valence-corrected chi connectivity index (χ2v) is 7.38. The van der Waals surface area contributed by atoms with Gasteiger partial charge in [0, 0.05) is 36.7 Å². The van der Waals surface area contributed by atoms with Crippen molar-refractivity contribution in [2.24, 2.45) is 7.05 Å². The average Bonchev–Trinajstić information content (AvgIpc) is 3.21. The third-order valence-corrected chi connectivity index (χ3v) is 5.28. The Bertz CT molecular complexity index is 1230. The molecule has 0 unspecified atom stereocenters. The lowest BCUT2D eigenvalue weighted by molar-refractivity contribution is -0.141. The molecule has 0 spiro atoms. The molecule has 1 fully saturated rings. The first-order valence-electron chi connectivity index (χ1n) is 9.98. The first-order chi connectivity index (χ1) is 14.9. The van der Waals surface area contributed by atoms with Crippen LogP contribution in [0.3, 0.4) is 0 Å². The summed E-state index contributed by atoms with van der Waals surface area (Å²) in [6.07, 6.45) is 1.21. The van der Waals surface area contributed by atoms with Crippen LogP contribution >= 0.6 is 0 Å². The van der Waals surface area contributed by atoms with E-state index < -0.39 is 12.6 Å². The van der Waals surface area contributed by atoms with Crippen LogP contribution in [0.1, 0.15) is 28.9 Å². The van der Waals surface area contributed by atoms with Gasteiger partial charge in [-0.05, 0) is 36.8 Å². The van der Waals surface area contributed by atoms with Crippen LogP contribution in [0.4, 0.5) is 5.69 Å². The molecule has 2 heterocycles. The number of hydrogen-bond donors (Lipinski definition) is 0. The van der Waals surface area contributed by atoms with Crippen LogP contribution in [0.5, 0.6) is 0 Å². The van der Waals surface area contributed by atoms with Crippen molar-refractivity contribution < 1.29 is 19.1 Å². The van der Waals surface area contributed by atoms with Gasteiger partial charge in [0.25, 0.3) is 5.56 Å². The first kappa shape index (κ1) is 20.5. The van der Waals surface area contributed by atoms with Gasteiger partial charge in [-0.25, -0.2) is 4.68 Å². The molecule has 0 atom stereocenters. The Kier molecular flexibility index (Phi) is 5.62. The lowest BCUT2D eigenvalue weighted by atomic mass is 10.1. The van der Waals surface area contributed by atoms with Crippen molar-refractivity contribution >= 4 is 34.1 Å². The molecule has 1 aliphatic rings. The monoisotopic (exact) mass is 419 g/mol. The van der Waals surface area contributed by atoms with Gasteiger partial charge in [-0.3, -0.25) is 19.2 Å². The summed E-state index contributed by atoms with van der Waals surface area (Å²) in [5, 5.41) is 5.22. The molecular formula is C23H21N3O5. The Morgan fingerprint density at radius 3 is 2.42 bits per heavy atom. The van der Waals surface area contributed by atoms with Crippen molar-refractivity contribution in [2.45, 2.75) is 19.3 Å². The topological polar surface area (TPSA) is 98.6 Å². The van der Waals surface area contributed by atoms with Crippen LogP contribution in [-0.4, -0.2) is 40.6 Å². The average molecular weight is 419 g/mol. The number of aryl methyl sites for hydroxylation is 1. The number of benzene rings is 2. The van der Waals surface area contributed by atoms with E-state index in [1.807, 2.05) is 0 Å². The van der Waals surface area contributed by atoms with Gasteiger partial charge >= 0.3 is 5.97 Å². The second-order valence-electron chi connectivity index (χ2n) is 7.38. The highest BCUT2D eigenvalue weighted by molar-refractivity contribution is 5.99. The highest BCUT2D eigenvalue weighted by atomic mass is 16.5. The normalized spacial score (nSPS) is 13.6. The number of ether oxygens (including phenoxy) is 1. The number of rotatable bonds is 6. The molecule has 158 valence electrons. The molecule has 2 aromatic carbocycles. The third-order valence-electron chi connectivity index (χ3n) is 5.28. The Balaban J connectivity index is 1.40. The van der Waals surface area contributed by atoms with Gasteiger partial charge in [-0.1, -0.05) is 18.2 Å². The number of fused-ring (bicyclic) bond motifs is 1. The number of ketones is 1. The molecule has 4 rings (SSSR count). The Hall–Kier alpha value is -3.81. The summed E-state index contributed by atoms with van der Waals surface area (Å²) < 4.78 is 6.33. The fraction of sp³-hybridized carbons (Fsp3) is 0.261. The number of aromatic nitrogens is 2. The van der Waals surface area contributed by atoms with E-state index in [0.717, 1.165) is 12.1 Å². The zero-order chi connectivity index (χ0) is 22.0. The van der Waals surface area contributed by atoms with Gasteiger partial charge < -0.3 is 9.64 Å². The Morgan fingerprint density at radius 2 is 1.74 bits per heavy atom. The lowest BCUT2D eigenvalue weighted by Gasteiger charge is -2.15. The van der Waals surface area contributed by atoms with Crippen LogP contribution in [0.25, 0.3) is 10.8 Å². The summed E-state index contributed by atoms with van der Waals surface area (Å²) in [7, 11) is 1.52. The fourth-order valence-corrected chi connectivity index (χ4v) is 3.67. The highest BCUT2D eigenvalue weighted by Gasteiger charge is 2.22. The molecule has 1 amide bonds. The molecule has 31 heavy (non-hydrogen) atoms. The summed E-state index contributed by atoms with van der Waals surface area (Å²) in [5.41, 5.74) is 1.31. The minimum absolute atomic E-state index is 0.0764. The molecular weight excluding hydrogens is 398 g/mol. The molecule has 0 N–H and O–H groups in total. The summed E-state index contributed by atoms with van der Waals surface area (Å²) in [5.74, 6) is -0.873. The zero-order valence-electron chi connectivity index (χ0n) is 17.0. The number of nitrogens with zero attached hydrogens (tertiary/aromatic N) is 3. The standard InChI is InChI=1S/C23H21N3O5/c1-25-23(30)18-6-3-2-5-17(18)19(24-25)13-22(29)31-14-20(27)15-8-10-16(11-9-15)26-12-4-7-21(26)28/h2-3,5-6,8-11H,4,7,12-14H2,1H3. The van der Waals surface area contributed by atoms with Crippen molar-refractivity contribution in [1.29, 1.82) is 0 Å². The van der Waals surface area contributed by atoms with Crippen molar-refractivity contribution in [3.8, 4) is 0 Å². The number of esters is 1. The predicted octanol–water partition coefficient (Wildman–Crippen LogP) is 2.03. The largest absolute Gasteiger partial charge is 0.457 e. The van der Waals surface area contributed by atoms with E-state index in [1.54, 1.807) is 53.4 Å². The molecule has 1 saturated heterocycles. The molecule has 0 aliphatic carbocycles. The number of anilines is 1. The van der Waals surface area contributed by atoms with Crippen LogP contribution in [0, 0.1) is 0 Å². The zero-order valence-corrected chi connectivity index (χ0v) is 17.0. The van der Waals surface area contributed by atoms with Crippen molar-refractivity contribution in [2.75, 3.05) is 18.1 Å². The van der Waals surface area contributed by atoms with E-state index in [1.165, 1.54) is 11.7 Å². The number of Topliss-reactive ketones (excluding diaryl/α,β-unsaturated/α-hetero) is 1. The summed E-state index contributed by atoms with van der Waals surface area (Å²) >= 11 is 0. The summed E-state index contributed by atoms with van der Waals surface area (Å²) in [4.78, 5) is 50.4. The minimum atomic E-state index is -0.607. The molecule has 0 bridgehead atoms. The maximum absolute atomic E-state index is 12.4. The smallest absolute Gasteiger partial charge is 0.312 e. The fourth-order valence-electron chi connectivity index (χ4n) is 3.67. The van der Waals surface area contributed by atoms with E-state index in [0.29, 0.717) is 35.0 Å². The number of amides is 1. The van der Waals surface area contributed by atoms with Gasteiger partial charge in [-0.15, -0.1) is 0 Å². The first-order valence-corrected chi connectivity index (χ1v) is 9.98. The predicted molar refractivity (Wildman–Crippen MR) is 114 cm³/mol. The highest BCUT2D eigenvalue weighted by Crippen LogP contribution is 2.21. The maximum atomic E-state index is 12.4. The minimum Gasteiger partial charge on any atom is -0.457 e. The Morgan fingerprint density at radius 1 is 1.03 bits per heavy atom. The van der Waals surface area contributed by atoms with E-state index in [4.69, 9.17) is 4.74 Å². The lowest BCUT2D eigenvalue weighted by Crippen LogP contribution is -2.24. The molecule has 0 saturated carbocycles. The van der Waals surface area contributed by atoms with Gasteiger partial charge in [0.2, 0.25) is 5.91 Å². The molecule has 8 nitrogen and oxygen atoms in total. The number of carbonyl (C=O) groups excluding carboxylic acids is 3. The maximum Gasteiger partial charge on any atom is 0.312 e. The second kappa shape index (κ2) is 8.51. The van der Waals surface area contributed by atoms with Crippen LogP contribution in [-0.2, 0) is 27.8 Å². The quantitative estimate of drug-likeness (QED) is 0.448. The van der Waals surface area contributed by atoms with Crippen LogP contribution < -0.4 is 10.5 Å². The van der Waals surface area contributed by atoms with Crippen LogP contribution in [0.2, 0.25) is 0 Å². The Labute approximate surface area is 178 Å². The van der Waals surface area contributed by atoms with E-state index in [2.05, 4.69) is 5.10 Å². The summed E-state index contributed by atoms with van der Waals surface area (Å²) in [6.45, 7) is 0.280. The molecule has 1 aromatic heterocycles.